The van der Waals surface area contributed by atoms with Gasteiger partial charge in [0, 0.05) is 60.3 Å². The lowest BCUT2D eigenvalue weighted by molar-refractivity contribution is 0.380. The van der Waals surface area contributed by atoms with Gasteiger partial charge in [0.2, 0.25) is 11.7 Å². The van der Waals surface area contributed by atoms with Crippen LogP contribution in [0.3, 0.4) is 0 Å². The number of hydrogen-bond acceptors (Lipinski definition) is 8. The van der Waals surface area contributed by atoms with Gasteiger partial charge in [-0.2, -0.15) is 4.98 Å². The van der Waals surface area contributed by atoms with E-state index in [0.29, 0.717) is 35.1 Å². The van der Waals surface area contributed by atoms with Crippen molar-refractivity contribution in [3.05, 3.63) is 76.3 Å². The summed E-state index contributed by atoms with van der Waals surface area (Å²) in [6.45, 7) is 6.34. The number of hydrogen-bond donors (Lipinski definition) is 2. The molecule has 0 saturated carbocycles. The highest BCUT2D eigenvalue weighted by Gasteiger charge is 2.27. The van der Waals surface area contributed by atoms with Gasteiger partial charge >= 0.3 is 0 Å². The van der Waals surface area contributed by atoms with Gasteiger partial charge in [-0.05, 0) is 44.2 Å². The lowest BCUT2D eigenvalue weighted by Gasteiger charge is -2.42. The molecule has 0 unspecified atom stereocenters. The molecule has 0 radical (unpaired) electrons. The topological polar surface area (TPSA) is 117 Å². The number of H-pyrrole nitrogens is 1. The molecule has 1 atom stereocenters. The van der Waals surface area contributed by atoms with Gasteiger partial charge in [0.15, 0.2) is 11.2 Å². The van der Waals surface area contributed by atoms with Gasteiger partial charge in [-0.1, -0.05) is 5.16 Å². The highest BCUT2D eigenvalue weighted by molar-refractivity contribution is 5.65. The van der Waals surface area contributed by atoms with Crippen molar-refractivity contribution in [1.82, 2.24) is 20.1 Å². The van der Waals surface area contributed by atoms with E-state index in [1.807, 2.05) is 24.3 Å². The lowest BCUT2D eigenvalue weighted by atomic mass is 10.1. The highest BCUT2D eigenvalue weighted by Crippen LogP contribution is 2.28. The Hall–Kier alpha value is -4.05. The molecule has 10 heteroatoms. The number of nitrogens with one attached hydrogen (secondary N) is 1. The van der Waals surface area contributed by atoms with E-state index in [1.165, 1.54) is 12.3 Å². The van der Waals surface area contributed by atoms with Gasteiger partial charge < -0.3 is 25.0 Å². The summed E-state index contributed by atoms with van der Waals surface area (Å²) in [4.78, 5) is 28.6. The maximum absolute atomic E-state index is 14.3. The number of aromatic nitrogens is 4. The Labute approximate surface area is 201 Å². The monoisotopic (exact) mass is 475 g/mol. The van der Waals surface area contributed by atoms with Gasteiger partial charge in [0.05, 0.1) is 18.4 Å². The standard InChI is InChI=1S/C25H26FN7O2/c1-15-14-32(18-5-3-17(4-6-18)24-30-23(12-27)35-31-24)9-10-33(15)25-16(2)22(34)11-21(29-25)19-7-8-28-13-20(19)26/h3-8,11,13,15H,9-10,12,14,27H2,1-2H3,(H,29,34)/t15-/m1/s1. The molecule has 0 spiro atoms. The molecule has 35 heavy (non-hydrogen) atoms. The first-order valence-electron chi connectivity index (χ1n) is 11.4. The van der Waals surface area contributed by atoms with Crippen molar-refractivity contribution >= 4 is 11.5 Å². The number of nitrogens with two attached hydrogens (primary N) is 1. The Morgan fingerprint density at radius 3 is 2.71 bits per heavy atom. The number of benzene rings is 1. The van der Waals surface area contributed by atoms with E-state index in [-0.39, 0.29) is 18.0 Å². The van der Waals surface area contributed by atoms with Crippen LogP contribution in [0.5, 0.6) is 0 Å². The first kappa shape index (κ1) is 22.7. The van der Waals surface area contributed by atoms with E-state index in [2.05, 4.69) is 36.8 Å². The summed E-state index contributed by atoms with van der Waals surface area (Å²) in [5, 5.41) is 3.96. The Morgan fingerprint density at radius 2 is 2.03 bits per heavy atom. The number of nitrogens with zero attached hydrogens (tertiary/aromatic N) is 5. The van der Waals surface area contributed by atoms with E-state index < -0.39 is 5.82 Å². The molecule has 0 bridgehead atoms. The van der Waals surface area contributed by atoms with Gasteiger partial charge in [0.1, 0.15) is 5.82 Å². The van der Waals surface area contributed by atoms with Crippen LogP contribution >= 0.6 is 0 Å². The third kappa shape index (κ3) is 4.40. The van der Waals surface area contributed by atoms with E-state index in [0.717, 1.165) is 36.4 Å². The minimum absolute atomic E-state index is 0.111. The molecule has 9 nitrogen and oxygen atoms in total. The van der Waals surface area contributed by atoms with Crippen molar-refractivity contribution < 1.29 is 8.91 Å². The van der Waals surface area contributed by atoms with E-state index in [4.69, 9.17) is 10.3 Å². The van der Waals surface area contributed by atoms with Crippen molar-refractivity contribution in [1.29, 1.82) is 0 Å². The summed E-state index contributed by atoms with van der Waals surface area (Å²) in [7, 11) is 0. The zero-order valence-electron chi connectivity index (χ0n) is 19.5. The quantitative estimate of drug-likeness (QED) is 0.452. The molecular weight excluding hydrogens is 449 g/mol. The number of anilines is 2. The SMILES string of the molecule is Cc1c(N2CCN(c3ccc(-c4noc(CN)n4)cc3)C[C@H]2C)[nH]c(-c2ccncc2F)cc1=O. The normalized spacial score (nSPS) is 16.1. The molecule has 5 rings (SSSR count). The average molecular weight is 476 g/mol. The fraction of sp³-hybridized carbons (Fsp3) is 0.280. The summed E-state index contributed by atoms with van der Waals surface area (Å²) in [6, 6.07) is 11.1. The Balaban J connectivity index is 1.36. The van der Waals surface area contributed by atoms with E-state index in [9.17, 15) is 9.18 Å². The molecule has 0 amide bonds. The predicted octanol–water partition coefficient (Wildman–Crippen LogP) is 3.11. The van der Waals surface area contributed by atoms with Gasteiger partial charge in [-0.3, -0.25) is 9.78 Å². The maximum atomic E-state index is 14.3. The second-order valence-electron chi connectivity index (χ2n) is 8.63. The number of halogens is 1. The van der Waals surface area contributed by atoms with Crippen LogP contribution in [-0.4, -0.2) is 45.8 Å². The van der Waals surface area contributed by atoms with Crippen LogP contribution in [0.4, 0.5) is 15.9 Å². The average Bonchev–Trinajstić information content (AvgIpc) is 3.36. The molecule has 3 aromatic heterocycles. The molecule has 3 N–H and O–H groups in total. The third-order valence-corrected chi connectivity index (χ3v) is 6.36. The van der Waals surface area contributed by atoms with E-state index in [1.54, 1.807) is 13.0 Å². The van der Waals surface area contributed by atoms with Gasteiger partial charge in [0.25, 0.3) is 0 Å². The van der Waals surface area contributed by atoms with Crippen molar-refractivity contribution in [3.8, 4) is 22.6 Å². The van der Waals surface area contributed by atoms with Crippen LogP contribution in [0.25, 0.3) is 22.6 Å². The molecule has 1 aromatic carbocycles. The second kappa shape index (κ2) is 9.30. The minimum atomic E-state index is -0.473. The fourth-order valence-corrected chi connectivity index (χ4v) is 4.44. The third-order valence-electron chi connectivity index (χ3n) is 6.36. The maximum Gasteiger partial charge on any atom is 0.240 e. The Kier molecular flexibility index (Phi) is 6.04. The van der Waals surface area contributed by atoms with Crippen molar-refractivity contribution in [2.45, 2.75) is 26.4 Å². The van der Waals surface area contributed by atoms with Crippen LogP contribution in [0.1, 0.15) is 18.4 Å². The molecule has 4 aromatic rings. The Morgan fingerprint density at radius 1 is 1.23 bits per heavy atom. The molecule has 0 aliphatic carbocycles. The number of piperazine rings is 1. The highest BCUT2D eigenvalue weighted by atomic mass is 19.1. The van der Waals surface area contributed by atoms with Crippen molar-refractivity contribution in [2.24, 2.45) is 5.73 Å². The molecule has 1 saturated heterocycles. The molecule has 1 aliphatic heterocycles. The lowest BCUT2D eigenvalue weighted by Crippen LogP contribution is -2.53. The number of rotatable bonds is 5. The Bertz CT molecular complexity index is 1400. The van der Waals surface area contributed by atoms with Crippen molar-refractivity contribution in [3.63, 3.8) is 0 Å². The van der Waals surface area contributed by atoms with Gasteiger partial charge in [-0.15, -0.1) is 0 Å². The smallest absolute Gasteiger partial charge is 0.240 e. The van der Waals surface area contributed by atoms with Gasteiger partial charge in [-0.25, -0.2) is 4.39 Å². The summed E-state index contributed by atoms with van der Waals surface area (Å²) in [6.07, 6.45) is 2.66. The zero-order valence-corrected chi connectivity index (χ0v) is 19.5. The summed E-state index contributed by atoms with van der Waals surface area (Å²) in [5.41, 5.74) is 8.74. The zero-order chi connectivity index (χ0) is 24.5. The summed E-state index contributed by atoms with van der Waals surface area (Å²) < 4.78 is 19.4. The first-order chi connectivity index (χ1) is 16.9. The van der Waals surface area contributed by atoms with Crippen LogP contribution in [0.2, 0.25) is 0 Å². The van der Waals surface area contributed by atoms with Crippen LogP contribution in [0.15, 0.2) is 58.1 Å². The van der Waals surface area contributed by atoms with E-state index >= 15 is 0 Å². The second-order valence-corrected chi connectivity index (χ2v) is 8.63. The fourth-order valence-electron chi connectivity index (χ4n) is 4.44. The largest absolute Gasteiger partial charge is 0.368 e. The molecule has 180 valence electrons. The number of aromatic amines is 1. The molecule has 4 heterocycles. The molecule has 1 fully saturated rings. The molecule has 1 aliphatic rings. The van der Waals surface area contributed by atoms with Crippen molar-refractivity contribution in [2.75, 3.05) is 29.4 Å². The van der Waals surface area contributed by atoms with Crippen LogP contribution in [0, 0.1) is 12.7 Å². The summed E-state index contributed by atoms with van der Waals surface area (Å²) in [5.74, 6) is 1.16. The predicted molar refractivity (Wildman–Crippen MR) is 132 cm³/mol. The minimum Gasteiger partial charge on any atom is -0.368 e. The summed E-state index contributed by atoms with van der Waals surface area (Å²) >= 11 is 0. The van der Waals surface area contributed by atoms with Crippen LogP contribution in [-0.2, 0) is 6.54 Å². The number of pyridine rings is 2. The van der Waals surface area contributed by atoms with Crippen LogP contribution < -0.4 is 21.0 Å². The first-order valence-corrected chi connectivity index (χ1v) is 11.4. The molecular formula is C25H26FN7O2.